The number of hydrogen-bond acceptors (Lipinski definition) is 6. The van der Waals surface area contributed by atoms with Crippen LogP contribution in [0.15, 0.2) is 4.52 Å². The van der Waals surface area contributed by atoms with Crippen LogP contribution in [0, 0.1) is 0 Å². The van der Waals surface area contributed by atoms with Gasteiger partial charge in [0.25, 0.3) is 0 Å². The Balaban J connectivity index is 1.62. The van der Waals surface area contributed by atoms with Crippen LogP contribution in [0.3, 0.4) is 0 Å². The zero-order valence-electron chi connectivity index (χ0n) is 11.2. The molecule has 1 saturated carbocycles. The van der Waals surface area contributed by atoms with Crippen molar-refractivity contribution < 1.29 is 14.1 Å². The molecule has 2 heterocycles. The number of nitrogens with zero attached hydrogens (tertiary/aromatic N) is 3. The summed E-state index contributed by atoms with van der Waals surface area (Å²) in [5.41, 5.74) is 0. The summed E-state index contributed by atoms with van der Waals surface area (Å²) in [6, 6.07) is -0.150. The number of esters is 1. The molecule has 1 saturated heterocycles. The van der Waals surface area contributed by atoms with Gasteiger partial charge in [-0.3, -0.25) is 9.69 Å². The molecule has 1 aliphatic carbocycles. The van der Waals surface area contributed by atoms with E-state index in [9.17, 15) is 4.79 Å². The van der Waals surface area contributed by atoms with Crippen molar-refractivity contribution >= 4 is 5.97 Å². The normalized spacial score (nSPS) is 23.7. The van der Waals surface area contributed by atoms with Crippen molar-refractivity contribution in [3.8, 4) is 0 Å². The molecule has 0 spiro atoms. The second-order valence-electron chi connectivity index (χ2n) is 5.20. The third-order valence-corrected chi connectivity index (χ3v) is 3.68. The lowest BCUT2D eigenvalue weighted by molar-refractivity contribution is -0.148. The number of likely N-dealkylation sites (tertiary alicyclic amines) is 1. The van der Waals surface area contributed by atoms with E-state index < -0.39 is 0 Å². The summed E-state index contributed by atoms with van der Waals surface area (Å²) in [7, 11) is 0. The Labute approximate surface area is 112 Å². The van der Waals surface area contributed by atoms with E-state index in [1.54, 1.807) is 0 Å². The van der Waals surface area contributed by atoms with E-state index in [4.69, 9.17) is 9.26 Å². The Bertz CT molecular complexity index is 456. The highest BCUT2D eigenvalue weighted by molar-refractivity contribution is 5.76. The van der Waals surface area contributed by atoms with Crippen molar-refractivity contribution in [2.75, 3.05) is 13.2 Å². The highest BCUT2D eigenvalue weighted by Gasteiger charge is 2.34. The van der Waals surface area contributed by atoms with Crippen LogP contribution >= 0.6 is 0 Å². The summed E-state index contributed by atoms with van der Waals surface area (Å²) >= 11 is 0. The fraction of sp³-hybridized carbons (Fsp3) is 0.769. The first-order valence-electron chi connectivity index (χ1n) is 7.01. The van der Waals surface area contributed by atoms with Gasteiger partial charge in [0, 0.05) is 5.92 Å². The van der Waals surface area contributed by atoms with E-state index in [0.29, 0.717) is 24.9 Å². The highest BCUT2D eigenvalue weighted by atomic mass is 16.5. The van der Waals surface area contributed by atoms with E-state index in [0.717, 1.165) is 38.1 Å². The molecule has 3 rings (SSSR count). The van der Waals surface area contributed by atoms with Crippen LogP contribution in [0.4, 0.5) is 0 Å². The van der Waals surface area contributed by atoms with Crippen LogP contribution in [-0.4, -0.2) is 40.2 Å². The van der Waals surface area contributed by atoms with Crippen molar-refractivity contribution in [2.45, 2.75) is 51.1 Å². The average Bonchev–Trinajstić information content (AvgIpc) is 2.97. The molecule has 0 aromatic carbocycles. The number of ether oxygens (including phenoxy) is 1. The fourth-order valence-electron chi connectivity index (χ4n) is 2.53. The monoisotopic (exact) mass is 265 g/mol. The van der Waals surface area contributed by atoms with E-state index in [-0.39, 0.29) is 12.0 Å². The molecule has 2 fully saturated rings. The van der Waals surface area contributed by atoms with Crippen molar-refractivity contribution in [3.05, 3.63) is 11.7 Å². The largest absolute Gasteiger partial charge is 0.465 e. The van der Waals surface area contributed by atoms with E-state index >= 15 is 0 Å². The van der Waals surface area contributed by atoms with Crippen LogP contribution in [0.2, 0.25) is 0 Å². The second kappa shape index (κ2) is 5.28. The van der Waals surface area contributed by atoms with Crippen molar-refractivity contribution in [1.82, 2.24) is 15.0 Å². The van der Waals surface area contributed by atoms with E-state index in [1.807, 2.05) is 6.92 Å². The van der Waals surface area contributed by atoms with Gasteiger partial charge in [-0.05, 0) is 39.2 Å². The van der Waals surface area contributed by atoms with Gasteiger partial charge >= 0.3 is 5.97 Å². The minimum Gasteiger partial charge on any atom is -0.465 e. The second-order valence-corrected chi connectivity index (χ2v) is 5.20. The van der Waals surface area contributed by atoms with Crippen LogP contribution in [-0.2, 0) is 16.1 Å². The first-order chi connectivity index (χ1) is 9.28. The summed E-state index contributed by atoms with van der Waals surface area (Å²) in [5.74, 6) is 1.77. The molecule has 1 aromatic heterocycles. The SMILES string of the molecule is CCOC(=O)C1CCCN1Cc1noc(C2CC2)n1. The third-order valence-electron chi connectivity index (χ3n) is 3.68. The molecule has 0 N–H and O–H groups in total. The minimum absolute atomic E-state index is 0.133. The van der Waals surface area contributed by atoms with Gasteiger partial charge in [0.1, 0.15) is 6.04 Å². The molecular weight excluding hydrogens is 246 g/mol. The third kappa shape index (κ3) is 2.78. The predicted molar refractivity (Wildman–Crippen MR) is 66.3 cm³/mol. The molecule has 0 amide bonds. The van der Waals surface area contributed by atoms with Crippen LogP contribution < -0.4 is 0 Å². The summed E-state index contributed by atoms with van der Waals surface area (Å²) in [4.78, 5) is 18.3. The van der Waals surface area contributed by atoms with E-state index in [2.05, 4.69) is 15.0 Å². The zero-order chi connectivity index (χ0) is 13.2. The average molecular weight is 265 g/mol. The summed E-state index contributed by atoms with van der Waals surface area (Å²) in [5, 5.41) is 4.00. The molecule has 0 bridgehead atoms. The van der Waals surface area contributed by atoms with Crippen molar-refractivity contribution in [2.24, 2.45) is 0 Å². The highest BCUT2D eigenvalue weighted by Crippen LogP contribution is 2.38. The standard InChI is InChI=1S/C13H19N3O3/c1-2-18-13(17)10-4-3-7-16(10)8-11-14-12(19-15-11)9-5-6-9/h9-10H,2-8H2,1H3. The smallest absolute Gasteiger partial charge is 0.323 e. The Kier molecular flexibility index (Phi) is 3.50. The van der Waals surface area contributed by atoms with Crippen molar-refractivity contribution in [3.63, 3.8) is 0 Å². The van der Waals surface area contributed by atoms with Crippen LogP contribution in [0.25, 0.3) is 0 Å². The van der Waals surface area contributed by atoms with Gasteiger partial charge in [0.05, 0.1) is 13.2 Å². The van der Waals surface area contributed by atoms with Gasteiger partial charge in [-0.15, -0.1) is 0 Å². The van der Waals surface area contributed by atoms with Gasteiger partial charge in [-0.2, -0.15) is 4.98 Å². The molecule has 1 unspecified atom stereocenters. The van der Waals surface area contributed by atoms with Gasteiger partial charge in [-0.25, -0.2) is 0 Å². The molecule has 1 atom stereocenters. The maximum atomic E-state index is 11.8. The molecule has 2 aliphatic rings. The van der Waals surface area contributed by atoms with Crippen LogP contribution in [0.5, 0.6) is 0 Å². The van der Waals surface area contributed by atoms with Gasteiger partial charge < -0.3 is 9.26 Å². The number of rotatable bonds is 5. The molecule has 1 aromatic rings. The molecule has 104 valence electrons. The summed E-state index contributed by atoms with van der Waals surface area (Å²) in [6.07, 6.45) is 4.16. The van der Waals surface area contributed by atoms with Gasteiger partial charge in [0.2, 0.25) is 5.89 Å². The molecule has 0 radical (unpaired) electrons. The van der Waals surface area contributed by atoms with Gasteiger partial charge in [-0.1, -0.05) is 5.16 Å². The summed E-state index contributed by atoms with van der Waals surface area (Å²) < 4.78 is 10.3. The quantitative estimate of drug-likeness (QED) is 0.751. The Morgan fingerprint density at radius 3 is 3.05 bits per heavy atom. The van der Waals surface area contributed by atoms with Crippen LogP contribution in [0.1, 0.15) is 50.2 Å². The Hall–Kier alpha value is -1.43. The first-order valence-corrected chi connectivity index (χ1v) is 7.01. The molecule has 6 heteroatoms. The maximum absolute atomic E-state index is 11.8. The van der Waals surface area contributed by atoms with Gasteiger partial charge in [0.15, 0.2) is 5.82 Å². The minimum atomic E-state index is -0.150. The van der Waals surface area contributed by atoms with Crippen molar-refractivity contribution in [1.29, 1.82) is 0 Å². The first kappa shape index (κ1) is 12.6. The topological polar surface area (TPSA) is 68.5 Å². The molecule has 6 nitrogen and oxygen atoms in total. The fourth-order valence-corrected chi connectivity index (χ4v) is 2.53. The maximum Gasteiger partial charge on any atom is 0.323 e. The molecule has 1 aliphatic heterocycles. The Morgan fingerprint density at radius 2 is 2.32 bits per heavy atom. The molecular formula is C13H19N3O3. The number of aromatic nitrogens is 2. The molecule has 19 heavy (non-hydrogen) atoms. The lowest BCUT2D eigenvalue weighted by Gasteiger charge is -2.20. The lowest BCUT2D eigenvalue weighted by atomic mass is 10.2. The number of carbonyl (C=O) groups excluding carboxylic acids is 1. The lowest BCUT2D eigenvalue weighted by Crippen LogP contribution is -2.37. The Morgan fingerprint density at radius 1 is 1.47 bits per heavy atom. The number of carbonyl (C=O) groups is 1. The summed E-state index contributed by atoms with van der Waals surface area (Å²) in [6.45, 7) is 3.71. The zero-order valence-corrected chi connectivity index (χ0v) is 11.2. The number of hydrogen-bond donors (Lipinski definition) is 0. The van der Waals surface area contributed by atoms with E-state index in [1.165, 1.54) is 0 Å². The predicted octanol–water partition coefficient (Wildman–Crippen LogP) is 1.47.